The molecule has 0 spiro atoms. The second-order valence-electron chi connectivity index (χ2n) is 10.1. The minimum absolute atomic E-state index is 0.306. The van der Waals surface area contributed by atoms with Crippen molar-refractivity contribution in [3.05, 3.63) is 93.0 Å². The molecule has 1 aromatic heterocycles. The molecule has 1 fully saturated rings. The molecule has 43 heavy (non-hydrogen) atoms. The van der Waals surface area contributed by atoms with Crippen molar-refractivity contribution in [2.75, 3.05) is 6.61 Å². The number of aromatic nitrogens is 2. The molecule has 232 valence electrons. The fraction of sp³-hybridized carbons (Fsp3) is 0.414. The Bertz CT molecular complexity index is 1560. The zero-order valence-corrected chi connectivity index (χ0v) is 25.2. The molecular formula is C29H35FN3O9P. The van der Waals surface area contributed by atoms with Crippen molar-refractivity contribution in [1.82, 2.24) is 14.6 Å². The Morgan fingerprint density at radius 3 is 2.60 bits per heavy atom. The lowest BCUT2D eigenvalue weighted by atomic mass is 9.98. The van der Waals surface area contributed by atoms with Crippen LogP contribution in [0.15, 0.2) is 76.2 Å². The van der Waals surface area contributed by atoms with Gasteiger partial charge in [-0.25, -0.2) is 13.8 Å². The number of nitrogens with zero attached hydrogens (tertiary/aromatic N) is 1. The highest BCUT2D eigenvalue weighted by Gasteiger charge is 2.55. The third-order valence-electron chi connectivity index (χ3n) is 6.08. The van der Waals surface area contributed by atoms with Crippen LogP contribution in [0.5, 0.6) is 0 Å². The number of esters is 1. The maximum absolute atomic E-state index is 15.6. The van der Waals surface area contributed by atoms with E-state index in [0.717, 1.165) is 35.6 Å². The molecule has 2 aromatic rings. The van der Waals surface area contributed by atoms with E-state index in [1.165, 1.54) is 6.92 Å². The number of carbonyl (C=O) groups is 1. The summed E-state index contributed by atoms with van der Waals surface area (Å²) in [7, 11) is -4.43. The molecule has 1 aliphatic rings. The average molecular weight is 620 g/mol. The molecule has 1 aromatic carbocycles. The van der Waals surface area contributed by atoms with Gasteiger partial charge in [0.2, 0.25) is 0 Å². The van der Waals surface area contributed by atoms with E-state index in [2.05, 4.69) is 16.9 Å². The number of alkyl halides is 1. The predicted octanol–water partition coefficient (Wildman–Crippen LogP) is 3.11. The quantitative estimate of drug-likeness (QED) is 0.112. The summed E-state index contributed by atoms with van der Waals surface area (Å²) in [6.07, 6.45) is 0.000797. The lowest BCUT2D eigenvalue weighted by Gasteiger charge is -2.25. The fourth-order valence-electron chi connectivity index (χ4n) is 3.94. The van der Waals surface area contributed by atoms with Gasteiger partial charge in [-0.15, -0.1) is 0 Å². The number of carbonyl (C=O) groups excluding carboxylic acids is 1. The minimum atomic E-state index is -4.43. The largest absolute Gasteiger partial charge is 0.462 e. The summed E-state index contributed by atoms with van der Waals surface area (Å²) in [6.45, 7) is 6.74. The van der Waals surface area contributed by atoms with Crippen LogP contribution in [0.1, 0.15) is 46.4 Å². The highest BCUT2D eigenvalue weighted by atomic mass is 31.2. The number of hydrogen-bond acceptors (Lipinski definition) is 9. The second-order valence-corrected chi connectivity index (χ2v) is 11.8. The summed E-state index contributed by atoms with van der Waals surface area (Å²) in [6, 6.07) is 8.93. The molecule has 1 saturated heterocycles. The van der Waals surface area contributed by atoms with Gasteiger partial charge in [0.1, 0.15) is 24.5 Å². The van der Waals surface area contributed by atoms with E-state index >= 15 is 4.39 Å². The van der Waals surface area contributed by atoms with Crippen LogP contribution < -0.4 is 16.3 Å². The van der Waals surface area contributed by atoms with Crippen molar-refractivity contribution in [3.63, 3.8) is 0 Å². The van der Waals surface area contributed by atoms with Gasteiger partial charge in [-0.1, -0.05) is 36.1 Å². The summed E-state index contributed by atoms with van der Waals surface area (Å²) < 4.78 is 52.1. The van der Waals surface area contributed by atoms with Crippen LogP contribution in [0.25, 0.3) is 0 Å². The van der Waals surface area contributed by atoms with Gasteiger partial charge in [0.25, 0.3) is 5.56 Å². The number of aliphatic hydroxyl groups excluding tert-OH is 1. The molecule has 2 heterocycles. The number of H-pyrrole nitrogens is 1. The van der Waals surface area contributed by atoms with Gasteiger partial charge in [-0.05, 0) is 52.8 Å². The maximum atomic E-state index is 15.6. The molecule has 12 nitrogen and oxygen atoms in total. The first-order chi connectivity index (χ1) is 20.3. The van der Waals surface area contributed by atoms with Crippen molar-refractivity contribution in [2.45, 2.75) is 70.9 Å². The molecule has 14 heteroatoms. The van der Waals surface area contributed by atoms with E-state index < -0.39 is 67.8 Å². The number of hydrogen-bond donors (Lipinski definition) is 3. The zero-order valence-electron chi connectivity index (χ0n) is 24.4. The topological polar surface area (TPSA) is 158 Å². The number of aromatic amines is 1. The number of ether oxygens (including phenoxy) is 2. The van der Waals surface area contributed by atoms with Gasteiger partial charge in [0, 0.05) is 17.8 Å². The molecule has 0 amide bonds. The van der Waals surface area contributed by atoms with Gasteiger partial charge in [0.15, 0.2) is 11.9 Å². The molecule has 6 atom stereocenters. The van der Waals surface area contributed by atoms with Gasteiger partial charge >= 0.3 is 19.4 Å². The Labute approximate surface area is 248 Å². The summed E-state index contributed by atoms with van der Waals surface area (Å²) >= 11 is 0. The van der Waals surface area contributed by atoms with Gasteiger partial charge in [-0.2, -0.15) is 5.09 Å². The molecule has 3 rings (SSSR count). The second kappa shape index (κ2) is 14.6. The van der Waals surface area contributed by atoms with Crippen LogP contribution in [0.2, 0.25) is 0 Å². The SMILES string of the molecule is C/C=C\C(C#Cc1ccccc1)=C/OP(=O)(N[C@@H](C)C(=O)OC(C)C)OC[C@H]1O[C@@H](n2ccc(=O)[nH]c2=O)[C@](C)(F)[C@@H]1O. The fourth-order valence-corrected chi connectivity index (χ4v) is 5.31. The molecule has 1 aliphatic heterocycles. The van der Waals surface area contributed by atoms with Crippen LogP contribution in [0, 0.1) is 11.8 Å². The summed E-state index contributed by atoms with van der Waals surface area (Å²) in [5.41, 5.74) is -3.15. The molecule has 1 unspecified atom stereocenters. The number of halogens is 1. The molecule has 0 radical (unpaired) electrons. The highest BCUT2D eigenvalue weighted by Crippen LogP contribution is 2.47. The normalized spacial score (nSPS) is 24.3. The van der Waals surface area contributed by atoms with Crippen molar-refractivity contribution < 1.29 is 37.4 Å². The van der Waals surface area contributed by atoms with E-state index in [1.807, 2.05) is 23.2 Å². The maximum Gasteiger partial charge on any atom is 0.459 e. The Balaban J connectivity index is 1.86. The third kappa shape index (κ3) is 9.10. The standard InChI is InChI=1S/C29H35FN3O9P/c1-6-10-22(14-13-21-11-8-7-9-12-21)17-39-43(38,32-20(4)26(36)41-19(2)3)40-18-23-25(35)29(5,30)27(42-23)33-16-15-24(34)31-28(33)37/h6-12,15-17,19-20,23,25,27,35H,18H2,1-5H3,(H,32,38)(H,31,34,37)/b10-6-,22-17+/t20-,23+,25+,27+,29+,43?/m0/s1. The molecule has 3 N–H and O–H groups in total. The van der Waals surface area contributed by atoms with Gasteiger partial charge < -0.3 is 19.1 Å². The van der Waals surface area contributed by atoms with Crippen LogP contribution in [-0.4, -0.2) is 57.3 Å². The van der Waals surface area contributed by atoms with Gasteiger partial charge in [0.05, 0.1) is 18.3 Å². The summed E-state index contributed by atoms with van der Waals surface area (Å²) in [5, 5.41) is 13.2. The number of allylic oxidation sites excluding steroid dienone is 3. The number of aliphatic hydroxyl groups is 1. The number of nitrogens with one attached hydrogen (secondary N) is 2. The van der Waals surface area contributed by atoms with Crippen molar-refractivity contribution >= 4 is 13.7 Å². The van der Waals surface area contributed by atoms with Crippen molar-refractivity contribution in [2.24, 2.45) is 0 Å². The molecule has 0 aliphatic carbocycles. The molecule has 0 bridgehead atoms. The Morgan fingerprint density at radius 1 is 1.28 bits per heavy atom. The minimum Gasteiger partial charge on any atom is -0.462 e. The summed E-state index contributed by atoms with van der Waals surface area (Å²) in [5.74, 6) is 5.10. The van der Waals surface area contributed by atoms with Crippen LogP contribution in [-0.2, 0) is 27.9 Å². The van der Waals surface area contributed by atoms with Gasteiger partial charge in [-0.3, -0.25) is 23.7 Å². The van der Waals surface area contributed by atoms with E-state index in [0.29, 0.717) is 5.57 Å². The molecular weight excluding hydrogens is 584 g/mol. The third-order valence-corrected chi connectivity index (χ3v) is 7.65. The zero-order chi connectivity index (χ0) is 31.8. The van der Waals surface area contributed by atoms with E-state index in [9.17, 15) is 24.1 Å². The molecule has 0 saturated carbocycles. The van der Waals surface area contributed by atoms with Crippen LogP contribution in [0.3, 0.4) is 0 Å². The Hall–Kier alpha value is -3.79. The van der Waals surface area contributed by atoms with Crippen LogP contribution >= 0.6 is 7.75 Å². The van der Waals surface area contributed by atoms with Crippen molar-refractivity contribution in [1.29, 1.82) is 0 Å². The Kier molecular flexibility index (Phi) is 11.4. The monoisotopic (exact) mass is 619 g/mol. The van der Waals surface area contributed by atoms with E-state index in [-0.39, 0.29) is 0 Å². The van der Waals surface area contributed by atoms with E-state index in [4.69, 9.17) is 18.5 Å². The summed E-state index contributed by atoms with van der Waals surface area (Å²) in [4.78, 5) is 38.1. The predicted molar refractivity (Wildman–Crippen MR) is 155 cm³/mol. The lowest BCUT2D eigenvalue weighted by molar-refractivity contribution is -0.149. The highest BCUT2D eigenvalue weighted by molar-refractivity contribution is 7.51. The first-order valence-electron chi connectivity index (χ1n) is 13.4. The van der Waals surface area contributed by atoms with Crippen molar-refractivity contribution in [3.8, 4) is 11.8 Å². The number of rotatable bonds is 11. The number of benzene rings is 1. The van der Waals surface area contributed by atoms with Crippen LogP contribution in [0.4, 0.5) is 4.39 Å². The Morgan fingerprint density at radius 2 is 1.98 bits per heavy atom. The first-order valence-corrected chi connectivity index (χ1v) is 14.9. The first kappa shape index (κ1) is 33.7. The average Bonchev–Trinajstić information content (AvgIpc) is 3.17. The lowest BCUT2D eigenvalue weighted by Crippen LogP contribution is -2.43. The smallest absolute Gasteiger partial charge is 0.459 e. The van der Waals surface area contributed by atoms with E-state index in [1.54, 1.807) is 45.1 Å².